The summed E-state index contributed by atoms with van der Waals surface area (Å²) in [6.07, 6.45) is 3.02. The van der Waals surface area contributed by atoms with Crippen molar-refractivity contribution in [2.45, 2.75) is 57.0 Å². The van der Waals surface area contributed by atoms with E-state index >= 15 is 0 Å². The normalized spacial score (nSPS) is 19.4. The van der Waals surface area contributed by atoms with Gasteiger partial charge in [-0.15, -0.1) is 0 Å². The van der Waals surface area contributed by atoms with E-state index in [9.17, 15) is 18.0 Å². The third-order valence-electron chi connectivity index (χ3n) is 7.58. The fraction of sp³-hybridized carbons (Fsp3) is 0.692. The molecule has 11 heteroatoms. The Bertz CT molecular complexity index is 1050. The quantitative estimate of drug-likeness (QED) is 0.394. The number of carbonyl (C=O) groups is 2. The first-order valence-corrected chi connectivity index (χ1v) is 14.4. The van der Waals surface area contributed by atoms with Gasteiger partial charge in [0, 0.05) is 33.7 Å². The first kappa shape index (κ1) is 29.3. The minimum absolute atomic E-state index is 0.0464. The molecule has 3 rings (SSSR count). The van der Waals surface area contributed by atoms with Crippen molar-refractivity contribution < 1.29 is 27.5 Å². The van der Waals surface area contributed by atoms with E-state index in [1.165, 1.54) is 11.4 Å². The number of sulfonamides is 1. The molecule has 10 nitrogen and oxygen atoms in total. The number of methoxy groups -OCH3 is 1. The van der Waals surface area contributed by atoms with Crippen LogP contribution in [0.25, 0.3) is 0 Å². The molecule has 208 valence electrons. The fourth-order valence-corrected chi connectivity index (χ4v) is 6.73. The molecule has 0 spiro atoms. The van der Waals surface area contributed by atoms with Crippen LogP contribution in [0.2, 0.25) is 0 Å². The minimum atomic E-state index is -3.72. The Kier molecular flexibility index (Phi) is 9.96. The molecule has 1 aromatic carbocycles. The lowest BCUT2D eigenvalue weighted by molar-refractivity contribution is -0.138. The highest BCUT2D eigenvalue weighted by Crippen LogP contribution is 2.27. The summed E-state index contributed by atoms with van der Waals surface area (Å²) in [7, 11) is 1.06. The van der Waals surface area contributed by atoms with E-state index < -0.39 is 10.0 Å². The molecule has 0 aliphatic carbocycles. The highest BCUT2D eigenvalue weighted by atomic mass is 32.2. The van der Waals surface area contributed by atoms with Crippen molar-refractivity contribution in [1.82, 2.24) is 19.0 Å². The molecule has 1 unspecified atom stereocenters. The van der Waals surface area contributed by atoms with Gasteiger partial charge in [-0.3, -0.25) is 14.5 Å². The number of nitrogens with zero attached hydrogens (tertiary/aromatic N) is 4. The lowest BCUT2D eigenvalue weighted by Gasteiger charge is -2.29. The van der Waals surface area contributed by atoms with Crippen LogP contribution in [0.4, 0.5) is 0 Å². The van der Waals surface area contributed by atoms with Gasteiger partial charge in [0.25, 0.3) is 0 Å². The van der Waals surface area contributed by atoms with Gasteiger partial charge in [-0.2, -0.15) is 4.31 Å². The van der Waals surface area contributed by atoms with Crippen molar-refractivity contribution in [1.29, 1.82) is 0 Å². The monoisotopic (exact) mass is 538 g/mol. The zero-order valence-electron chi connectivity index (χ0n) is 23.0. The van der Waals surface area contributed by atoms with Gasteiger partial charge >= 0.3 is 0 Å². The van der Waals surface area contributed by atoms with Gasteiger partial charge in [-0.05, 0) is 76.4 Å². The van der Waals surface area contributed by atoms with Crippen molar-refractivity contribution in [3.05, 3.63) is 23.3 Å². The summed E-state index contributed by atoms with van der Waals surface area (Å²) in [5.41, 5.74) is 1.22. The smallest absolute Gasteiger partial charge is 0.248 e. The van der Waals surface area contributed by atoms with Gasteiger partial charge < -0.3 is 19.3 Å². The molecule has 2 aliphatic heterocycles. The van der Waals surface area contributed by atoms with E-state index in [4.69, 9.17) is 9.47 Å². The third-order valence-corrected chi connectivity index (χ3v) is 9.74. The Morgan fingerprint density at radius 2 is 1.73 bits per heavy atom. The predicted molar refractivity (Wildman–Crippen MR) is 141 cm³/mol. The van der Waals surface area contributed by atoms with Crippen LogP contribution in [0.3, 0.4) is 0 Å². The lowest BCUT2D eigenvalue weighted by Crippen LogP contribution is -2.47. The molecule has 0 N–H and O–H groups in total. The first-order valence-electron chi connectivity index (χ1n) is 12.9. The zero-order valence-corrected chi connectivity index (χ0v) is 23.8. The van der Waals surface area contributed by atoms with Crippen LogP contribution in [0.1, 0.15) is 37.3 Å². The molecule has 2 saturated heterocycles. The topological polar surface area (TPSA) is 99.7 Å². The Morgan fingerprint density at radius 3 is 2.32 bits per heavy atom. The molecule has 2 aliphatic rings. The highest BCUT2D eigenvalue weighted by molar-refractivity contribution is 7.89. The fourth-order valence-electron chi connectivity index (χ4n) is 5.18. The van der Waals surface area contributed by atoms with Gasteiger partial charge in [0.1, 0.15) is 12.4 Å². The van der Waals surface area contributed by atoms with Crippen LogP contribution in [0.15, 0.2) is 17.0 Å². The van der Waals surface area contributed by atoms with Gasteiger partial charge in [0.15, 0.2) is 0 Å². The van der Waals surface area contributed by atoms with Gasteiger partial charge in [0.05, 0.1) is 30.7 Å². The van der Waals surface area contributed by atoms with Crippen molar-refractivity contribution in [2.75, 3.05) is 67.1 Å². The second kappa shape index (κ2) is 12.6. The number of likely N-dealkylation sites (tertiary alicyclic amines) is 2. The molecule has 0 radical (unpaired) electrons. The van der Waals surface area contributed by atoms with Crippen molar-refractivity contribution in [3.63, 3.8) is 0 Å². The molecule has 2 heterocycles. The maximum atomic E-state index is 13.1. The van der Waals surface area contributed by atoms with Crippen LogP contribution in [0.5, 0.6) is 5.75 Å². The summed E-state index contributed by atoms with van der Waals surface area (Å²) in [5, 5.41) is 0. The number of amides is 2. The van der Waals surface area contributed by atoms with E-state index in [1.807, 2.05) is 11.8 Å². The predicted octanol–water partition coefficient (Wildman–Crippen LogP) is 1.49. The largest absolute Gasteiger partial charge is 0.497 e. The van der Waals surface area contributed by atoms with Crippen LogP contribution >= 0.6 is 0 Å². The minimum Gasteiger partial charge on any atom is -0.497 e. The molecule has 0 saturated carbocycles. The first-order chi connectivity index (χ1) is 17.5. The second-order valence-corrected chi connectivity index (χ2v) is 12.1. The van der Waals surface area contributed by atoms with Crippen LogP contribution < -0.4 is 4.74 Å². The van der Waals surface area contributed by atoms with Gasteiger partial charge in [-0.1, -0.05) is 0 Å². The number of benzene rings is 1. The average molecular weight is 539 g/mol. The number of rotatable bonds is 11. The number of carbonyl (C=O) groups excluding carboxylic acids is 2. The number of aryl methyl sites for hydroxylation is 2. The number of likely N-dealkylation sites (N-methyl/N-ethyl adjacent to an activating group) is 2. The molecule has 37 heavy (non-hydrogen) atoms. The Morgan fingerprint density at radius 1 is 1.11 bits per heavy atom. The van der Waals surface area contributed by atoms with Crippen molar-refractivity contribution >= 4 is 21.8 Å². The van der Waals surface area contributed by atoms with Crippen molar-refractivity contribution in [2.24, 2.45) is 0 Å². The summed E-state index contributed by atoms with van der Waals surface area (Å²) >= 11 is 0. The van der Waals surface area contributed by atoms with Gasteiger partial charge in [-0.25, -0.2) is 8.42 Å². The van der Waals surface area contributed by atoms with Gasteiger partial charge in [0.2, 0.25) is 21.8 Å². The van der Waals surface area contributed by atoms with E-state index in [0.29, 0.717) is 30.0 Å². The number of hydrogen-bond acceptors (Lipinski definition) is 7. The zero-order chi connectivity index (χ0) is 27.3. The van der Waals surface area contributed by atoms with E-state index in [-0.39, 0.29) is 48.6 Å². The maximum Gasteiger partial charge on any atom is 0.248 e. The molecule has 2 atom stereocenters. The lowest BCUT2D eigenvalue weighted by atomic mass is 10.1. The number of hydrogen-bond donors (Lipinski definition) is 0. The summed E-state index contributed by atoms with van der Waals surface area (Å²) in [4.78, 5) is 31.6. The summed E-state index contributed by atoms with van der Waals surface area (Å²) in [6, 6.07) is 3.23. The van der Waals surface area contributed by atoms with Crippen LogP contribution in [0, 0.1) is 13.8 Å². The summed E-state index contributed by atoms with van der Waals surface area (Å²) in [5.74, 6) is 0.561. The average Bonchev–Trinajstić information content (AvgIpc) is 3.57. The summed E-state index contributed by atoms with van der Waals surface area (Å²) in [6.45, 7) is 8.63. The van der Waals surface area contributed by atoms with Crippen LogP contribution in [-0.2, 0) is 24.3 Å². The van der Waals surface area contributed by atoms with Crippen LogP contribution in [-0.4, -0.2) is 118 Å². The SMILES string of the molecule is COc1cc(C)c(S(=O)(=O)N(C)CCOCC(=O)N(C)[C@@H]2CCN(C(=O)C(C)N3CCCC3)C2)c(C)c1. The maximum absolute atomic E-state index is 13.1. The molecular formula is C26H42N4O6S. The molecule has 2 amide bonds. The number of ether oxygens (including phenoxy) is 2. The molecule has 1 aromatic rings. The third kappa shape index (κ3) is 6.81. The second-order valence-electron chi connectivity index (χ2n) is 10.1. The standard InChI is InChI=1S/C26H42N4O6S/c1-19-15-23(35-6)16-20(2)25(19)37(33,34)27(4)13-14-36-18-24(31)28(5)22-9-12-30(17-22)26(32)21(3)29-10-7-8-11-29/h15-16,21-22H,7-14,17-18H2,1-6H3/t21?,22-/m1/s1. The Hall–Kier alpha value is -2.21. The molecule has 0 bridgehead atoms. The highest BCUT2D eigenvalue weighted by Gasteiger charge is 2.35. The molecular weight excluding hydrogens is 496 g/mol. The van der Waals surface area contributed by atoms with E-state index in [2.05, 4.69) is 4.90 Å². The Balaban J connectivity index is 1.45. The van der Waals surface area contributed by atoms with Crippen molar-refractivity contribution in [3.8, 4) is 5.75 Å². The van der Waals surface area contributed by atoms with E-state index in [1.54, 1.807) is 45.0 Å². The molecule has 0 aromatic heterocycles. The summed E-state index contributed by atoms with van der Waals surface area (Å²) < 4.78 is 38.3. The van der Waals surface area contributed by atoms with E-state index in [0.717, 1.165) is 32.4 Å². The molecule has 2 fully saturated rings. The Labute approximate surface area is 221 Å².